The molecule has 68 valence electrons. The Hall–Kier alpha value is -0.630. The van der Waals surface area contributed by atoms with E-state index in [1.165, 1.54) is 7.11 Å². The summed E-state index contributed by atoms with van der Waals surface area (Å²) in [6.07, 6.45) is 1.67. The van der Waals surface area contributed by atoms with Crippen LogP contribution in [0.1, 0.15) is 19.3 Å². The Kier molecular flexibility index (Phi) is 3.04. The second-order valence-electron chi connectivity index (χ2n) is 2.99. The average molecular weight is 171 g/mol. The van der Waals surface area contributed by atoms with E-state index >= 15 is 0 Å². The van der Waals surface area contributed by atoms with Gasteiger partial charge < -0.3 is 14.6 Å². The standard InChI is InChI=1S/C8H13NO3/c1-11-6-12-7-3-2-4-8(7,10)5-9/h7,10H,2-4,6H2,1H3. The highest BCUT2D eigenvalue weighted by atomic mass is 16.7. The molecule has 12 heavy (non-hydrogen) atoms. The van der Waals surface area contributed by atoms with Crippen LogP contribution in [0, 0.1) is 11.3 Å². The molecule has 0 aromatic carbocycles. The largest absolute Gasteiger partial charge is 0.373 e. The Balaban J connectivity index is 2.47. The van der Waals surface area contributed by atoms with Crippen LogP contribution in [0.25, 0.3) is 0 Å². The van der Waals surface area contributed by atoms with Crippen molar-refractivity contribution in [3.05, 3.63) is 0 Å². The van der Waals surface area contributed by atoms with Gasteiger partial charge in [0.15, 0.2) is 5.60 Å². The van der Waals surface area contributed by atoms with E-state index in [2.05, 4.69) is 0 Å². The van der Waals surface area contributed by atoms with Crippen LogP contribution in [-0.4, -0.2) is 30.7 Å². The van der Waals surface area contributed by atoms with Gasteiger partial charge in [-0.3, -0.25) is 0 Å². The number of rotatable bonds is 3. The lowest BCUT2D eigenvalue weighted by Gasteiger charge is -2.22. The van der Waals surface area contributed by atoms with Gasteiger partial charge in [0.1, 0.15) is 19.0 Å². The summed E-state index contributed by atoms with van der Waals surface area (Å²) in [4.78, 5) is 0. The molecule has 1 fully saturated rings. The van der Waals surface area contributed by atoms with E-state index in [0.717, 1.165) is 12.8 Å². The Bertz CT molecular complexity index is 189. The summed E-state index contributed by atoms with van der Waals surface area (Å²) in [5, 5.41) is 18.3. The molecule has 0 aromatic heterocycles. The number of hydrogen-bond acceptors (Lipinski definition) is 4. The lowest BCUT2D eigenvalue weighted by molar-refractivity contribution is -0.121. The third-order valence-corrected chi connectivity index (χ3v) is 2.14. The Morgan fingerprint density at radius 2 is 2.50 bits per heavy atom. The zero-order valence-corrected chi connectivity index (χ0v) is 7.12. The quantitative estimate of drug-likeness (QED) is 0.493. The van der Waals surface area contributed by atoms with Crippen LogP contribution in [-0.2, 0) is 9.47 Å². The van der Waals surface area contributed by atoms with Crippen molar-refractivity contribution < 1.29 is 14.6 Å². The van der Waals surface area contributed by atoms with Crippen molar-refractivity contribution >= 4 is 0 Å². The van der Waals surface area contributed by atoms with E-state index in [0.29, 0.717) is 6.42 Å². The van der Waals surface area contributed by atoms with Crippen molar-refractivity contribution in [2.75, 3.05) is 13.9 Å². The molecule has 0 radical (unpaired) electrons. The highest BCUT2D eigenvalue weighted by Gasteiger charge is 2.42. The topological polar surface area (TPSA) is 62.5 Å². The molecular formula is C8H13NO3. The number of ether oxygens (including phenoxy) is 2. The maximum Gasteiger partial charge on any atom is 0.177 e. The summed E-state index contributed by atoms with van der Waals surface area (Å²) < 4.78 is 9.86. The molecule has 0 bridgehead atoms. The van der Waals surface area contributed by atoms with Crippen molar-refractivity contribution in [2.24, 2.45) is 0 Å². The first-order chi connectivity index (χ1) is 5.73. The molecule has 0 heterocycles. The van der Waals surface area contributed by atoms with Crippen molar-refractivity contribution in [1.82, 2.24) is 0 Å². The summed E-state index contributed by atoms with van der Waals surface area (Å²) in [7, 11) is 1.51. The molecule has 1 rings (SSSR count). The highest BCUT2D eigenvalue weighted by molar-refractivity contribution is 5.09. The molecular weight excluding hydrogens is 158 g/mol. The fraction of sp³-hybridized carbons (Fsp3) is 0.875. The monoisotopic (exact) mass is 171 g/mol. The number of methoxy groups -OCH3 is 1. The molecule has 1 aliphatic rings. The number of nitrogens with zero attached hydrogens (tertiary/aromatic N) is 1. The Labute approximate surface area is 71.7 Å². The van der Waals surface area contributed by atoms with Gasteiger partial charge in [0.05, 0.1) is 0 Å². The molecule has 0 saturated heterocycles. The van der Waals surface area contributed by atoms with Crippen LogP contribution in [0.2, 0.25) is 0 Å². The predicted octanol–water partition coefficient (Wildman–Crippen LogP) is 0.414. The second kappa shape index (κ2) is 3.85. The minimum atomic E-state index is -1.29. The van der Waals surface area contributed by atoms with Gasteiger partial charge in [-0.2, -0.15) is 5.26 Å². The molecule has 0 aromatic rings. The van der Waals surface area contributed by atoms with Gasteiger partial charge in [-0.05, 0) is 19.3 Å². The number of nitriles is 1. The summed E-state index contributed by atoms with van der Waals surface area (Å²) in [6.45, 7) is 0.134. The first-order valence-corrected chi connectivity index (χ1v) is 3.97. The maximum atomic E-state index is 9.64. The van der Waals surface area contributed by atoms with Crippen molar-refractivity contribution in [2.45, 2.75) is 31.0 Å². The van der Waals surface area contributed by atoms with E-state index in [1.807, 2.05) is 6.07 Å². The van der Waals surface area contributed by atoms with Gasteiger partial charge in [-0.25, -0.2) is 0 Å². The average Bonchev–Trinajstić information content (AvgIpc) is 2.45. The lowest BCUT2D eigenvalue weighted by Crippen LogP contribution is -2.37. The summed E-state index contributed by atoms with van der Waals surface area (Å²) in [5.41, 5.74) is -1.29. The molecule has 2 unspecified atom stereocenters. The van der Waals surface area contributed by atoms with Crippen LogP contribution in [0.15, 0.2) is 0 Å². The highest BCUT2D eigenvalue weighted by Crippen LogP contribution is 2.31. The minimum absolute atomic E-state index is 0.134. The van der Waals surface area contributed by atoms with Gasteiger partial charge in [-0.15, -0.1) is 0 Å². The van der Waals surface area contributed by atoms with Crippen LogP contribution in [0.3, 0.4) is 0 Å². The first kappa shape index (κ1) is 9.46. The summed E-state index contributed by atoms with van der Waals surface area (Å²) in [5.74, 6) is 0. The third-order valence-electron chi connectivity index (χ3n) is 2.14. The number of hydrogen-bond donors (Lipinski definition) is 1. The smallest absolute Gasteiger partial charge is 0.177 e. The third kappa shape index (κ3) is 1.75. The molecule has 4 nitrogen and oxygen atoms in total. The van der Waals surface area contributed by atoms with Crippen molar-refractivity contribution in [3.63, 3.8) is 0 Å². The predicted molar refractivity (Wildman–Crippen MR) is 41.2 cm³/mol. The van der Waals surface area contributed by atoms with E-state index in [9.17, 15) is 5.11 Å². The van der Waals surface area contributed by atoms with Crippen molar-refractivity contribution in [1.29, 1.82) is 5.26 Å². The van der Waals surface area contributed by atoms with Gasteiger partial charge in [0.2, 0.25) is 0 Å². The second-order valence-corrected chi connectivity index (χ2v) is 2.99. The van der Waals surface area contributed by atoms with E-state index in [4.69, 9.17) is 14.7 Å². The zero-order chi connectivity index (χ0) is 9.03. The van der Waals surface area contributed by atoms with Crippen LogP contribution in [0.4, 0.5) is 0 Å². The first-order valence-electron chi connectivity index (χ1n) is 3.97. The Morgan fingerprint density at radius 1 is 1.75 bits per heavy atom. The molecule has 0 aliphatic heterocycles. The summed E-state index contributed by atoms with van der Waals surface area (Å²) in [6, 6.07) is 1.87. The molecule has 1 N–H and O–H groups in total. The van der Waals surface area contributed by atoms with Gasteiger partial charge >= 0.3 is 0 Å². The number of aliphatic hydroxyl groups is 1. The maximum absolute atomic E-state index is 9.64. The molecule has 0 amide bonds. The van der Waals surface area contributed by atoms with Gasteiger partial charge in [0, 0.05) is 7.11 Å². The fourth-order valence-electron chi connectivity index (χ4n) is 1.46. The van der Waals surface area contributed by atoms with Crippen LogP contribution in [0.5, 0.6) is 0 Å². The van der Waals surface area contributed by atoms with Crippen LogP contribution >= 0.6 is 0 Å². The molecule has 0 spiro atoms. The lowest BCUT2D eigenvalue weighted by atomic mass is 10.0. The summed E-state index contributed by atoms with van der Waals surface area (Å²) >= 11 is 0. The minimum Gasteiger partial charge on any atom is -0.373 e. The van der Waals surface area contributed by atoms with E-state index < -0.39 is 5.60 Å². The molecule has 2 atom stereocenters. The molecule has 4 heteroatoms. The van der Waals surface area contributed by atoms with E-state index in [1.54, 1.807) is 0 Å². The van der Waals surface area contributed by atoms with Crippen LogP contribution < -0.4 is 0 Å². The Morgan fingerprint density at radius 3 is 3.08 bits per heavy atom. The molecule has 1 saturated carbocycles. The van der Waals surface area contributed by atoms with E-state index in [-0.39, 0.29) is 12.9 Å². The van der Waals surface area contributed by atoms with Crippen molar-refractivity contribution in [3.8, 4) is 6.07 Å². The molecule has 1 aliphatic carbocycles. The SMILES string of the molecule is COCOC1CCCC1(O)C#N. The fourth-order valence-corrected chi connectivity index (χ4v) is 1.46. The van der Waals surface area contributed by atoms with Gasteiger partial charge in [-0.1, -0.05) is 0 Å². The normalized spacial score (nSPS) is 34.9. The van der Waals surface area contributed by atoms with Gasteiger partial charge in [0.25, 0.3) is 0 Å². The zero-order valence-electron chi connectivity index (χ0n) is 7.12.